The Morgan fingerprint density at radius 3 is 2.22 bits per heavy atom. The largest absolute Gasteiger partial charge is 0.457 e. The van der Waals surface area contributed by atoms with E-state index in [0.717, 1.165) is 11.3 Å². The van der Waals surface area contributed by atoms with Crippen LogP contribution in [0, 0.1) is 0 Å². The summed E-state index contributed by atoms with van der Waals surface area (Å²) in [6.45, 7) is 0. The van der Waals surface area contributed by atoms with Crippen molar-refractivity contribution in [1.29, 1.82) is 0 Å². The maximum absolute atomic E-state index is 13.3. The summed E-state index contributed by atoms with van der Waals surface area (Å²) in [4.78, 5) is 18.0. The van der Waals surface area contributed by atoms with Crippen LogP contribution in [-0.2, 0) is 0 Å². The average molecular weight is 459 g/mol. The Balaban J connectivity index is 1.58. The molecule has 2 aromatic heterocycles. The Bertz CT molecular complexity index is 1500. The topological polar surface area (TPSA) is 48.0 Å². The van der Waals surface area contributed by atoms with Crippen molar-refractivity contribution in [2.75, 3.05) is 0 Å². The molecule has 0 saturated heterocycles. The monoisotopic (exact) mass is 458 g/mol. The number of benzene rings is 3. The van der Waals surface area contributed by atoms with Gasteiger partial charge < -0.3 is 4.42 Å². The number of nitrogens with zero attached hydrogens (tertiary/aromatic N) is 2. The molecule has 0 radical (unpaired) electrons. The minimum absolute atomic E-state index is 0.154. The fourth-order valence-corrected chi connectivity index (χ4v) is 3.72. The Labute approximate surface area is 194 Å². The third kappa shape index (κ3) is 3.98. The van der Waals surface area contributed by atoms with Gasteiger partial charge in [0.05, 0.1) is 16.6 Å². The van der Waals surface area contributed by atoms with Crippen LogP contribution in [0.2, 0.25) is 10.0 Å². The van der Waals surface area contributed by atoms with Crippen molar-refractivity contribution in [1.82, 2.24) is 9.55 Å². The maximum atomic E-state index is 13.3. The third-order valence-corrected chi connectivity index (χ3v) is 5.54. The molecule has 5 rings (SSSR count). The summed E-state index contributed by atoms with van der Waals surface area (Å²) in [5.74, 6) is 1.85. The van der Waals surface area contributed by atoms with Crippen LogP contribution in [0.3, 0.4) is 0 Å². The molecule has 0 unspecified atom stereocenters. The van der Waals surface area contributed by atoms with Crippen LogP contribution in [-0.4, -0.2) is 9.55 Å². The van der Waals surface area contributed by atoms with Crippen molar-refractivity contribution in [2.45, 2.75) is 0 Å². The van der Waals surface area contributed by atoms with Gasteiger partial charge in [0.2, 0.25) is 0 Å². The second kappa shape index (κ2) is 8.50. The van der Waals surface area contributed by atoms with Gasteiger partial charge in [-0.25, -0.2) is 4.98 Å². The molecule has 156 valence electrons. The Kier molecular flexibility index (Phi) is 5.39. The van der Waals surface area contributed by atoms with E-state index in [4.69, 9.17) is 32.6 Å². The fraction of sp³-hybridized carbons (Fsp3) is 0. The van der Waals surface area contributed by atoms with Crippen molar-refractivity contribution in [3.8, 4) is 17.0 Å². The van der Waals surface area contributed by atoms with E-state index in [0.29, 0.717) is 38.2 Å². The molecule has 0 saturated carbocycles. The van der Waals surface area contributed by atoms with Gasteiger partial charge in [-0.2, -0.15) is 0 Å². The maximum Gasteiger partial charge on any atom is 0.266 e. The van der Waals surface area contributed by atoms with Crippen molar-refractivity contribution in [2.24, 2.45) is 0 Å². The van der Waals surface area contributed by atoms with Crippen LogP contribution in [0.15, 0.2) is 94.1 Å². The number of fused-ring (bicyclic) bond motifs is 1. The van der Waals surface area contributed by atoms with Gasteiger partial charge in [-0.1, -0.05) is 35.3 Å². The normalized spacial score (nSPS) is 11.4. The van der Waals surface area contributed by atoms with E-state index in [-0.39, 0.29) is 5.56 Å². The van der Waals surface area contributed by atoms with Gasteiger partial charge >= 0.3 is 0 Å². The summed E-state index contributed by atoms with van der Waals surface area (Å²) in [7, 11) is 0. The molecular weight excluding hydrogens is 443 g/mol. The first-order valence-electron chi connectivity index (χ1n) is 9.90. The Morgan fingerprint density at radius 2 is 1.47 bits per heavy atom. The smallest absolute Gasteiger partial charge is 0.266 e. The number of hydrogen-bond donors (Lipinski definition) is 0. The van der Waals surface area contributed by atoms with Gasteiger partial charge in [-0.15, -0.1) is 0 Å². The zero-order valence-electron chi connectivity index (χ0n) is 16.7. The molecule has 0 spiro atoms. The molecule has 0 bridgehead atoms. The van der Waals surface area contributed by atoms with E-state index in [2.05, 4.69) is 0 Å². The standard InChI is InChI=1S/C26H16Cl2N2O2/c27-18-7-5-17(6-8-18)24-15-13-21(32-24)14-16-25-29-23-4-2-1-3-22(23)26(31)30(25)20-11-9-19(28)10-12-20/h1-16H/b16-14+. The van der Waals surface area contributed by atoms with Gasteiger partial charge in [0.15, 0.2) is 0 Å². The van der Waals surface area contributed by atoms with Crippen LogP contribution < -0.4 is 5.56 Å². The van der Waals surface area contributed by atoms with E-state index in [1.54, 1.807) is 47.1 Å². The lowest BCUT2D eigenvalue weighted by atomic mass is 10.2. The van der Waals surface area contributed by atoms with Crippen molar-refractivity contribution in [3.63, 3.8) is 0 Å². The summed E-state index contributed by atoms with van der Waals surface area (Å²) >= 11 is 12.0. The Morgan fingerprint density at radius 1 is 0.781 bits per heavy atom. The first kappa shape index (κ1) is 20.3. The highest BCUT2D eigenvalue weighted by Gasteiger charge is 2.11. The fourth-order valence-electron chi connectivity index (χ4n) is 3.47. The molecule has 0 atom stereocenters. The number of aromatic nitrogens is 2. The summed E-state index contributed by atoms with van der Waals surface area (Å²) in [6, 6.07) is 25.6. The molecule has 0 aliphatic heterocycles. The van der Waals surface area contributed by atoms with E-state index < -0.39 is 0 Å². The number of rotatable bonds is 4. The molecule has 5 aromatic rings. The quantitative estimate of drug-likeness (QED) is 0.287. The highest BCUT2D eigenvalue weighted by Crippen LogP contribution is 2.25. The second-order valence-corrected chi connectivity index (χ2v) is 8.02. The minimum Gasteiger partial charge on any atom is -0.457 e. The van der Waals surface area contributed by atoms with Gasteiger partial charge in [0, 0.05) is 15.6 Å². The lowest BCUT2D eigenvalue weighted by Crippen LogP contribution is -2.22. The summed E-state index contributed by atoms with van der Waals surface area (Å²) in [5, 5.41) is 1.81. The lowest BCUT2D eigenvalue weighted by molar-refractivity contribution is 0.572. The van der Waals surface area contributed by atoms with Crippen LogP contribution in [0.25, 0.3) is 40.1 Å². The zero-order valence-corrected chi connectivity index (χ0v) is 18.2. The molecular formula is C26H16Cl2N2O2. The van der Waals surface area contributed by atoms with Crippen LogP contribution in [0.1, 0.15) is 11.6 Å². The zero-order chi connectivity index (χ0) is 22.1. The molecule has 0 aliphatic rings. The van der Waals surface area contributed by atoms with Crippen LogP contribution >= 0.6 is 23.2 Å². The van der Waals surface area contributed by atoms with E-state index in [9.17, 15) is 4.79 Å². The van der Waals surface area contributed by atoms with Crippen LogP contribution in [0.5, 0.6) is 0 Å². The van der Waals surface area contributed by atoms with Crippen molar-refractivity contribution < 1.29 is 4.42 Å². The molecule has 4 nitrogen and oxygen atoms in total. The first-order chi connectivity index (χ1) is 15.6. The molecule has 32 heavy (non-hydrogen) atoms. The third-order valence-electron chi connectivity index (χ3n) is 5.04. The van der Waals surface area contributed by atoms with Crippen molar-refractivity contribution in [3.05, 3.63) is 117 Å². The SMILES string of the molecule is O=c1c2ccccc2nc(/C=C/c2ccc(-c3ccc(Cl)cc3)o2)n1-c1ccc(Cl)cc1. The molecule has 0 fully saturated rings. The van der Waals surface area contributed by atoms with Gasteiger partial charge in [-0.05, 0) is 84.9 Å². The van der Waals surface area contributed by atoms with E-state index in [1.807, 2.05) is 54.6 Å². The number of hydrogen-bond acceptors (Lipinski definition) is 3. The lowest BCUT2D eigenvalue weighted by Gasteiger charge is -2.11. The molecule has 0 aliphatic carbocycles. The molecule has 0 amide bonds. The second-order valence-electron chi connectivity index (χ2n) is 7.15. The van der Waals surface area contributed by atoms with Gasteiger partial charge in [0.1, 0.15) is 17.3 Å². The molecule has 2 heterocycles. The van der Waals surface area contributed by atoms with E-state index in [1.165, 1.54) is 0 Å². The van der Waals surface area contributed by atoms with Gasteiger partial charge in [-0.3, -0.25) is 9.36 Å². The number of para-hydroxylation sites is 1. The molecule has 6 heteroatoms. The highest BCUT2D eigenvalue weighted by molar-refractivity contribution is 6.30. The predicted molar refractivity (Wildman–Crippen MR) is 130 cm³/mol. The summed E-state index contributed by atoms with van der Waals surface area (Å²) in [6.07, 6.45) is 3.56. The molecule has 0 N–H and O–H groups in total. The Hall–Kier alpha value is -3.60. The number of furan rings is 1. The number of halogens is 2. The molecule has 3 aromatic carbocycles. The average Bonchev–Trinajstić information content (AvgIpc) is 3.28. The highest BCUT2D eigenvalue weighted by atomic mass is 35.5. The first-order valence-corrected chi connectivity index (χ1v) is 10.7. The van der Waals surface area contributed by atoms with E-state index >= 15 is 0 Å². The summed E-state index contributed by atoms with van der Waals surface area (Å²) < 4.78 is 7.52. The van der Waals surface area contributed by atoms with Crippen molar-refractivity contribution >= 4 is 46.3 Å². The predicted octanol–water partition coefficient (Wildman–Crippen LogP) is 7.12. The van der Waals surface area contributed by atoms with Gasteiger partial charge in [0.25, 0.3) is 5.56 Å². The minimum atomic E-state index is -0.154. The summed E-state index contributed by atoms with van der Waals surface area (Å²) in [5.41, 5.74) is 2.08. The van der Waals surface area contributed by atoms with Crippen LogP contribution in [0.4, 0.5) is 0 Å².